The van der Waals surface area contributed by atoms with Crippen LogP contribution in [0.2, 0.25) is 0 Å². The molecule has 4 heteroatoms. The van der Waals surface area contributed by atoms with Crippen LogP contribution in [0, 0.1) is 0 Å². The van der Waals surface area contributed by atoms with Gasteiger partial charge in [0.15, 0.2) is 0 Å². The molecule has 0 fully saturated rings. The molecule has 0 amide bonds. The molecule has 0 aliphatic heterocycles. The first kappa shape index (κ1) is 22.9. The van der Waals surface area contributed by atoms with Gasteiger partial charge in [-0.05, 0) is 18.6 Å². The topological polar surface area (TPSA) is 21.7 Å². The van der Waals surface area contributed by atoms with E-state index in [-0.39, 0.29) is 17.0 Å². The Labute approximate surface area is 170 Å². The van der Waals surface area contributed by atoms with E-state index < -0.39 is 0 Å². The second-order valence-corrected chi connectivity index (χ2v) is 7.14. The van der Waals surface area contributed by atoms with E-state index in [1.165, 1.54) is 82.7 Å². The van der Waals surface area contributed by atoms with Crippen LogP contribution in [-0.2, 0) is 6.54 Å². The number of halogens is 1. The molecule has 0 aliphatic rings. The van der Waals surface area contributed by atoms with Crippen molar-refractivity contribution in [2.45, 2.75) is 90.5 Å². The fourth-order valence-corrected chi connectivity index (χ4v) is 3.29. The summed E-state index contributed by atoms with van der Waals surface area (Å²) in [4.78, 5) is 0. The van der Waals surface area contributed by atoms with E-state index in [4.69, 9.17) is 0 Å². The van der Waals surface area contributed by atoms with Crippen molar-refractivity contribution in [2.24, 2.45) is 0 Å². The number of aryl methyl sites for hydroxylation is 1. The molecule has 0 N–H and O–H groups in total. The molecule has 0 spiro atoms. The van der Waals surface area contributed by atoms with Gasteiger partial charge in [0.25, 0.3) is 6.33 Å². The Morgan fingerprint density at radius 2 is 1.31 bits per heavy atom. The third kappa shape index (κ3) is 9.51. The Hall–Kier alpha value is -1.16. The number of aromatic nitrogens is 3. The highest BCUT2D eigenvalue weighted by Crippen LogP contribution is 2.12. The number of benzene rings is 1. The van der Waals surface area contributed by atoms with Gasteiger partial charge in [-0.3, -0.25) is 0 Å². The summed E-state index contributed by atoms with van der Waals surface area (Å²) in [5.74, 6) is 0. The van der Waals surface area contributed by atoms with E-state index in [0.717, 1.165) is 6.54 Å². The lowest BCUT2D eigenvalue weighted by atomic mass is 10.1. The predicted molar refractivity (Wildman–Crippen MR) is 105 cm³/mol. The zero-order chi connectivity index (χ0) is 17.6. The monoisotopic (exact) mass is 421 g/mol. The highest BCUT2D eigenvalue weighted by atomic mass is 79.9. The Bertz CT molecular complexity index is 554. The maximum Gasteiger partial charge on any atom is 0.270 e. The molecule has 2 aromatic rings. The van der Waals surface area contributed by atoms with Crippen molar-refractivity contribution in [3.05, 3.63) is 43.0 Å². The van der Waals surface area contributed by atoms with Gasteiger partial charge in [-0.1, -0.05) is 95.8 Å². The van der Waals surface area contributed by atoms with Gasteiger partial charge in [0.1, 0.15) is 12.2 Å². The van der Waals surface area contributed by atoms with Crippen molar-refractivity contribution in [1.82, 2.24) is 9.78 Å². The first-order valence-electron chi connectivity index (χ1n) is 10.4. The van der Waals surface area contributed by atoms with Gasteiger partial charge in [-0.2, -0.15) is 0 Å². The Balaban J connectivity index is 0.00000338. The summed E-state index contributed by atoms with van der Waals surface area (Å²) in [6.45, 7) is 3.31. The summed E-state index contributed by atoms with van der Waals surface area (Å²) in [7, 11) is 0. The van der Waals surface area contributed by atoms with Gasteiger partial charge in [-0.15, -0.1) is 4.68 Å². The molecule has 0 bridgehead atoms. The maximum atomic E-state index is 4.46. The zero-order valence-corrected chi connectivity index (χ0v) is 18.0. The van der Waals surface area contributed by atoms with Gasteiger partial charge in [-0.25, -0.2) is 4.57 Å². The minimum atomic E-state index is 0. The Morgan fingerprint density at radius 3 is 1.88 bits per heavy atom. The number of nitrogens with zero attached hydrogens (tertiary/aromatic N) is 3. The van der Waals surface area contributed by atoms with Crippen LogP contribution in [0.15, 0.2) is 43.0 Å². The SMILES string of the molecule is CCCCCCCCCCCCCCn1c[n+](-c2ccccc2)cn1.[Br-]. The van der Waals surface area contributed by atoms with Crippen LogP contribution >= 0.6 is 0 Å². The van der Waals surface area contributed by atoms with Crippen LogP contribution in [-0.4, -0.2) is 9.78 Å². The molecular formula is C22H36BrN3. The van der Waals surface area contributed by atoms with Crippen LogP contribution in [0.5, 0.6) is 0 Å². The molecule has 3 nitrogen and oxygen atoms in total. The summed E-state index contributed by atoms with van der Waals surface area (Å²) in [5, 5.41) is 4.46. The summed E-state index contributed by atoms with van der Waals surface area (Å²) in [6.07, 6.45) is 20.7. The lowest BCUT2D eigenvalue weighted by Crippen LogP contribution is -3.00. The molecule has 0 atom stereocenters. The third-order valence-corrected chi connectivity index (χ3v) is 4.88. The first-order valence-corrected chi connectivity index (χ1v) is 10.4. The van der Waals surface area contributed by atoms with Crippen molar-refractivity contribution in [1.29, 1.82) is 0 Å². The largest absolute Gasteiger partial charge is 1.00 e. The quantitative estimate of drug-likeness (QED) is 0.339. The minimum Gasteiger partial charge on any atom is -1.00 e. The molecule has 0 saturated heterocycles. The second-order valence-electron chi connectivity index (χ2n) is 7.14. The predicted octanol–water partition coefficient (Wildman–Crippen LogP) is 2.86. The van der Waals surface area contributed by atoms with Crippen LogP contribution < -0.4 is 21.5 Å². The van der Waals surface area contributed by atoms with Gasteiger partial charge in [0.2, 0.25) is 6.33 Å². The smallest absolute Gasteiger partial charge is 0.270 e. The first-order chi connectivity index (χ1) is 12.4. The zero-order valence-electron chi connectivity index (χ0n) is 16.5. The minimum absolute atomic E-state index is 0. The van der Waals surface area contributed by atoms with Crippen molar-refractivity contribution in [2.75, 3.05) is 0 Å². The molecule has 1 aromatic carbocycles. The lowest BCUT2D eigenvalue weighted by Gasteiger charge is -2.02. The van der Waals surface area contributed by atoms with Crippen molar-refractivity contribution < 1.29 is 21.5 Å². The average Bonchev–Trinajstić information content (AvgIpc) is 3.12. The molecular weight excluding hydrogens is 386 g/mol. The summed E-state index contributed by atoms with van der Waals surface area (Å²) < 4.78 is 4.14. The standard InChI is InChI=1S/C22H36N3.BrH/c1-2-3-4-5-6-7-8-9-10-11-12-16-19-25-21-24(20-23-25)22-17-14-13-15-18-22;/h13-15,17-18,20-21H,2-12,16,19H2,1H3;1H/q+1;/p-1. The average molecular weight is 422 g/mol. The maximum absolute atomic E-state index is 4.46. The Morgan fingerprint density at radius 1 is 0.769 bits per heavy atom. The molecule has 0 unspecified atom stereocenters. The molecule has 1 heterocycles. The fourth-order valence-electron chi connectivity index (χ4n) is 3.29. The summed E-state index contributed by atoms with van der Waals surface area (Å²) >= 11 is 0. The fraction of sp³-hybridized carbons (Fsp3) is 0.636. The summed E-state index contributed by atoms with van der Waals surface area (Å²) in [5.41, 5.74) is 1.17. The van der Waals surface area contributed by atoms with E-state index in [0.29, 0.717) is 0 Å². The molecule has 1 aromatic heterocycles. The second kappa shape index (κ2) is 15.0. The van der Waals surface area contributed by atoms with Crippen LogP contribution in [0.3, 0.4) is 0 Å². The normalized spacial score (nSPS) is 10.7. The van der Waals surface area contributed by atoms with E-state index >= 15 is 0 Å². The van der Waals surface area contributed by atoms with Crippen molar-refractivity contribution >= 4 is 0 Å². The highest BCUT2D eigenvalue weighted by molar-refractivity contribution is 5.20. The number of unbranched alkanes of at least 4 members (excludes halogenated alkanes) is 11. The van der Waals surface area contributed by atoms with Gasteiger partial charge in [0.05, 0.1) is 0 Å². The number of hydrogen-bond donors (Lipinski definition) is 0. The number of para-hydroxylation sites is 1. The molecule has 0 aliphatic carbocycles. The van der Waals surface area contributed by atoms with Gasteiger partial charge >= 0.3 is 0 Å². The molecule has 0 saturated carbocycles. The third-order valence-electron chi connectivity index (χ3n) is 4.88. The van der Waals surface area contributed by atoms with E-state index in [2.05, 4.69) is 51.9 Å². The van der Waals surface area contributed by atoms with Gasteiger partial charge in [0, 0.05) is 5.10 Å². The van der Waals surface area contributed by atoms with Crippen molar-refractivity contribution in [3.8, 4) is 5.69 Å². The van der Waals surface area contributed by atoms with E-state index in [1.807, 2.05) is 12.4 Å². The molecule has 26 heavy (non-hydrogen) atoms. The van der Waals surface area contributed by atoms with Gasteiger partial charge < -0.3 is 17.0 Å². The summed E-state index contributed by atoms with van der Waals surface area (Å²) in [6, 6.07) is 10.4. The Kier molecular flexibility index (Phi) is 13.2. The molecule has 2 rings (SSSR count). The lowest BCUT2D eigenvalue weighted by molar-refractivity contribution is -0.596. The number of rotatable bonds is 14. The van der Waals surface area contributed by atoms with Crippen LogP contribution in [0.4, 0.5) is 0 Å². The number of hydrogen-bond acceptors (Lipinski definition) is 1. The van der Waals surface area contributed by atoms with Crippen LogP contribution in [0.25, 0.3) is 5.69 Å². The van der Waals surface area contributed by atoms with E-state index in [9.17, 15) is 0 Å². The van der Waals surface area contributed by atoms with Crippen LogP contribution in [0.1, 0.15) is 84.0 Å². The molecule has 0 radical (unpaired) electrons. The molecule has 146 valence electrons. The van der Waals surface area contributed by atoms with E-state index in [1.54, 1.807) is 0 Å². The highest BCUT2D eigenvalue weighted by Gasteiger charge is 2.06. The van der Waals surface area contributed by atoms with Crippen molar-refractivity contribution in [3.63, 3.8) is 0 Å².